The van der Waals surface area contributed by atoms with Gasteiger partial charge in [-0.15, -0.1) is 0 Å². The number of benzene rings is 1. The van der Waals surface area contributed by atoms with Crippen LogP contribution in [0.5, 0.6) is 5.75 Å². The molecule has 1 atom stereocenters. The second kappa shape index (κ2) is 15.4. The molecule has 1 amide bonds. The number of imidazole rings is 1. The largest absolute Gasteiger partial charge is 0.497 e. The van der Waals surface area contributed by atoms with Gasteiger partial charge < -0.3 is 30.0 Å². The number of thiocarbonyl (C=S) groups is 1. The maximum atomic E-state index is 13.9. The van der Waals surface area contributed by atoms with Gasteiger partial charge in [0.05, 0.1) is 19.0 Å². The van der Waals surface area contributed by atoms with Gasteiger partial charge in [-0.05, 0) is 80.8 Å². The van der Waals surface area contributed by atoms with Crippen LogP contribution in [0.25, 0.3) is 0 Å². The SMILES string of the molecule is CCCOC1(C2CCCCC2)CCN(C(=O)[C@@H](Cc2ccc(OC)cc2)NC(=S)NCCCc2cnc[nH]2)CC1. The first-order valence-electron chi connectivity index (χ1n) is 15.1. The van der Waals surface area contributed by atoms with Gasteiger partial charge in [0.1, 0.15) is 11.8 Å². The molecule has 2 fully saturated rings. The molecule has 1 saturated heterocycles. The summed E-state index contributed by atoms with van der Waals surface area (Å²) in [4.78, 5) is 23.2. The number of carbonyl (C=O) groups is 1. The zero-order valence-corrected chi connectivity index (χ0v) is 25.1. The molecule has 1 aromatic carbocycles. The van der Waals surface area contributed by atoms with Crippen molar-refractivity contribution < 1.29 is 14.3 Å². The summed E-state index contributed by atoms with van der Waals surface area (Å²) in [6.07, 6.45) is 15.2. The van der Waals surface area contributed by atoms with E-state index < -0.39 is 6.04 Å². The molecular weight excluding hydrogens is 522 g/mol. The van der Waals surface area contributed by atoms with Crippen molar-refractivity contribution in [1.82, 2.24) is 25.5 Å². The Morgan fingerprint density at radius 3 is 2.60 bits per heavy atom. The van der Waals surface area contributed by atoms with Gasteiger partial charge in [-0.3, -0.25) is 4.79 Å². The predicted octanol–water partition coefficient (Wildman–Crippen LogP) is 4.79. The van der Waals surface area contributed by atoms with Gasteiger partial charge in [0.2, 0.25) is 5.91 Å². The van der Waals surface area contributed by atoms with Crippen molar-refractivity contribution in [3.05, 3.63) is 48.0 Å². The number of carbonyl (C=O) groups excluding carboxylic acids is 1. The van der Waals surface area contributed by atoms with Gasteiger partial charge in [0.15, 0.2) is 5.11 Å². The van der Waals surface area contributed by atoms with E-state index in [2.05, 4.69) is 27.5 Å². The molecule has 2 heterocycles. The molecule has 0 spiro atoms. The van der Waals surface area contributed by atoms with Crippen molar-refractivity contribution in [2.45, 2.75) is 89.2 Å². The lowest BCUT2D eigenvalue weighted by Gasteiger charge is -2.48. The highest BCUT2D eigenvalue weighted by Gasteiger charge is 2.44. The van der Waals surface area contributed by atoms with Crippen LogP contribution in [-0.4, -0.2) is 70.9 Å². The lowest BCUT2D eigenvalue weighted by atomic mass is 9.72. The highest BCUT2D eigenvalue weighted by Crippen LogP contribution is 2.42. The summed E-state index contributed by atoms with van der Waals surface area (Å²) in [5.41, 5.74) is 2.08. The molecule has 0 radical (unpaired) electrons. The van der Waals surface area contributed by atoms with E-state index in [0.717, 1.165) is 75.4 Å². The maximum Gasteiger partial charge on any atom is 0.245 e. The summed E-state index contributed by atoms with van der Waals surface area (Å²) in [6.45, 7) is 5.15. The molecule has 1 aliphatic heterocycles. The highest BCUT2D eigenvalue weighted by molar-refractivity contribution is 7.80. The summed E-state index contributed by atoms with van der Waals surface area (Å²) in [7, 11) is 1.66. The van der Waals surface area contributed by atoms with Crippen LogP contribution in [0.2, 0.25) is 0 Å². The van der Waals surface area contributed by atoms with Gasteiger partial charge in [-0.25, -0.2) is 4.98 Å². The van der Waals surface area contributed by atoms with Crippen molar-refractivity contribution in [1.29, 1.82) is 0 Å². The zero-order chi connectivity index (χ0) is 28.2. The number of aromatic nitrogens is 2. The van der Waals surface area contributed by atoms with Gasteiger partial charge >= 0.3 is 0 Å². The second-order valence-corrected chi connectivity index (χ2v) is 11.7. The number of methoxy groups -OCH3 is 1. The fourth-order valence-corrected chi connectivity index (χ4v) is 6.48. The first kappa shape index (κ1) is 30.3. The molecule has 9 heteroatoms. The van der Waals surface area contributed by atoms with Crippen molar-refractivity contribution in [3.63, 3.8) is 0 Å². The molecule has 1 aliphatic carbocycles. The van der Waals surface area contributed by atoms with E-state index in [0.29, 0.717) is 17.5 Å². The Hall–Kier alpha value is -2.65. The van der Waals surface area contributed by atoms with Crippen LogP contribution in [0.4, 0.5) is 0 Å². The topological polar surface area (TPSA) is 91.5 Å². The minimum atomic E-state index is -0.445. The Morgan fingerprint density at radius 1 is 1.20 bits per heavy atom. The number of hydrogen-bond donors (Lipinski definition) is 3. The summed E-state index contributed by atoms with van der Waals surface area (Å²) in [6, 6.07) is 7.47. The molecule has 0 bridgehead atoms. The number of ether oxygens (including phenoxy) is 2. The fourth-order valence-electron chi connectivity index (χ4n) is 6.24. The van der Waals surface area contributed by atoms with E-state index in [1.807, 2.05) is 35.4 Å². The van der Waals surface area contributed by atoms with Crippen molar-refractivity contribution >= 4 is 23.2 Å². The number of rotatable bonds is 13. The summed E-state index contributed by atoms with van der Waals surface area (Å²) in [5, 5.41) is 7.15. The Kier molecular flexibility index (Phi) is 11.7. The van der Waals surface area contributed by atoms with Gasteiger partial charge in [-0.1, -0.05) is 38.3 Å². The molecule has 8 nitrogen and oxygen atoms in total. The third-order valence-corrected chi connectivity index (χ3v) is 8.79. The number of amides is 1. The van der Waals surface area contributed by atoms with Crippen LogP contribution in [-0.2, 0) is 22.4 Å². The highest BCUT2D eigenvalue weighted by atomic mass is 32.1. The molecule has 1 aromatic heterocycles. The molecule has 0 unspecified atom stereocenters. The molecular formula is C31H47N5O3S. The first-order valence-corrected chi connectivity index (χ1v) is 15.5. The summed E-state index contributed by atoms with van der Waals surface area (Å²) >= 11 is 5.64. The lowest BCUT2D eigenvalue weighted by molar-refractivity contribution is -0.149. The van der Waals surface area contributed by atoms with Crippen molar-refractivity contribution in [3.8, 4) is 5.75 Å². The number of H-pyrrole nitrogens is 1. The number of hydrogen-bond acceptors (Lipinski definition) is 5. The van der Waals surface area contributed by atoms with Crippen LogP contribution >= 0.6 is 12.2 Å². The van der Waals surface area contributed by atoms with E-state index in [-0.39, 0.29) is 11.5 Å². The number of nitrogens with zero attached hydrogens (tertiary/aromatic N) is 2. The van der Waals surface area contributed by atoms with Crippen molar-refractivity contribution in [2.24, 2.45) is 5.92 Å². The number of aromatic amines is 1. The quantitative estimate of drug-likeness (QED) is 0.236. The van der Waals surface area contributed by atoms with Crippen LogP contribution in [0, 0.1) is 5.92 Å². The van der Waals surface area contributed by atoms with Crippen LogP contribution < -0.4 is 15.4 Å². The van der Waals surface area contributed by atoms with Gasteiger partial charge in [-0.2, -0.15) is 0 Å². The minimum absolute atomic E-state index is 0.0857. The number of piperidine rings is 1. The van der Waals surface area contributed by atoms with Crippen molar-refractivity contribution in [2.75, 3.05) is 33.4 Å². The first-order chi connectivity index (χ1) is 19.5. The van der Waals surface area contributed by atoms with E-state index in [1.54, 1.807) is 13.4 Å². The number of nitrogens with one attached hydrogen (secondary N) is 3. The standard InChI is InChI=1S/C31H47N5O3S/c1-3-20-39-31(25-8-5-4-6-9-25)15-18-36(19-16-31)29(37)28(21-24-11-13-27(38-2)14-12-24)35-30(40)33-17-7-10-26-22-32-23-34-26/h11-14,22-23,25,28H,3-10,15-21H2,1-2H3,(H,32,34)(H2,33,35,40)/t28-/m1/s1. The minimum Gasteiger partial charge on any atom is -0.497 e. The molecule has 220 valence electrons. The van der Waals surface area contributed by atoms with E-state index in [4.69, 9.17) is 21.7 Å². The molecule has 3 N–H and O–H groups in total. The maximum absolute atomic E-state index is 13.9. The average molecular weight is 570 g/mol. The van der Waals surface area contributed by atoms with E-state index >= 15 is 0 Å². The zero-order valence-electron chi connectivity index (χ0n) is 24.3. The van der Waals surface area contributed by atoms with Gasteiger partial charge in [0.25, 0.3) is 0 Å². The molecule has 40 heavy (non-hydrogen) atoms. The number of aryl methyl sites for hydroxylation is 1. The molecule has 2 aromatic rings. The van der Waals surface area contributed by atoms with Crippen LogP contribution in [0.3, 0.4) is 0 Å². The summed E-state index contributed by atoms with van der Waals surface area (Å²) in [5.74, 6) is 1.51. The molecule has 2 aliphatic rings. The van der Waals surface area contributed by atoms with E-state index in [9.17, 15) is 4.79 Å². The lowest BCUT2D eigenvalue weighted by Crippen LogP contribution is -2.57. The average Bonchev–Trinajstić information content (AvgIpc) is 3.52. The predicted molar refractivity (Wildman–Crippen MR) is 162 cm³/mol. The Balaban J connectivity index is 1.38. The third-order valence-electron chi connectivity index (χ3n) is 8.53. The third kappa shape index (κ3) is 8.43. The smallest absolute Gasteiger partial charge is 0.245 e. The Labute approximate surface area is 245 Å². The van der Waals surface area contributed by atoms with Crippen LogP contribution in [0.15, 0.2) is 36.8 Å². The van der Waals surface area contributed by atoms with Gasteiger partial charge in [0, 0.05) is 44.6 Å². The summed E-state index contributed by atoms with van der Waals surface area (Å²) < 4.78 is 11.9. The molecule has 1 saturated carbocycles. The number of likely N-dealkylation sites (tertiary alicyclic amines) is 1. The second-order valence-electron chi connectivity index (χ2n) is 11.3. The van der Waals surface area contributed by atoms with Crippen LogP contribution in [0.1, 0.15) is 76.0 Å². The van der Waals surface area contributed by atoms with E-state index in [1.165, 1.54) is 32.1 Å². The monoisotopic (exact) mass is 569 g/mol. The molecule has 4 rings (SSSR count). The normalized spacial score (nSPS) is 18.2. The Morgan fingerprint density at radius 2 is 1.95 bits per heavy atom. The Bertz CT molecular complexity index is 1030. The fraction of sp³-hybridized carbons (Fsp3) is 0.645.